The molecule has 0 radical (unpaired) electrons. The number of nitro groups is 1. The number of benzene rings is 1. The lowest BCUT2D eigenvalue weighted by Crippen LogP contribution is -2.51. The average molecular weight is 334 g/mol. The van der Waals surface area contributed by atoms with Crippen molar-refractivity contribution >= 4 is 17.4 Å². The zero-order valence-corrected chi connectivity index (χ0v) is 13.5. The molecule has 8 nitrogen and oxygen atoms in total. The van der Waals surface area contributed by atoms with Crippen LogP contribution in [-0.4, -0.2) is 66.2 Å². The maximum Gasteiger partial charge on any atom is 0.321 e. The van der Waals surface area contributed by atoms with Crippen molar-refractivity contribution in [2.24, 2.45) is 0 Å². The Morgan fingerprint density at radius 2 is 2.12 bits per heavy atom. The van der Waals surface area contributed by atoms with Crippen LogP contribution in [0.2, 0.25) is 0 Å². The van der Waals surface area contributed by atoms with Gasteiger partial charge in [0, 0.05) is 57.2 Å². The number of ether oxygens (including phenoxy) is 1. The van der Waals surface area contributed by atoms with E-state index in [4.69, 9.17) is 4.74 Å². The van der Waals surface area contributed by atoms with Crippen molar-refractivity contribution in [3.8, 4) is 0 Å². The van der Waals surface area contributed by atoms with Crippen LogP contribution in [0.25, 0.3) is 0 Å². The molecule has 0 saturated carbocycles. The lowest BCUT2D eigenvalue weighted by molar-refractivity contribution is -0.384. The summed E-state index contributed by atoms with van der Waals surface area (Å²) in [6.45, 7) is 4.72. The van der Waals surface area contributed by atoms with Crippen LogP contribution in [0.3, 0.4) is 0 Å². The molecule has 24 heavy (non-hydrogen) atoms. The minimum Gasteiger partial charge on any atom is -0.377 e. The number of nitrogens with zero attached hydrogens (tertiary/aromatic N) is 3. The van der Waals surface area contributed by atoms with Gasteiger partial charge >= 0.3 is 6.03 Å². The first kappa shape index (κ1) is 16.7. The maximum absolute atomic E-state index is 12.3. The topological polar surface area (TPSA) is 87.9 Å². The smallest absolute Gasteiger partial charge is 0.321 e. The third-order valence-electron chi connectivity index (χ3n) is 4.45. The number of rotatable bonds is 4. The molecule has 2 aliphatic heterocycles. The van der Waals surface area contributed by atoms with Gasteiger partial charge in [0.15, 0.2) is 0 Å². The van der Waals surface area contributed by atoms with Crippen LogP contribution in [0, 0.1) is 10.1 Å². The summed E-state index contributed by atoms with van der Waals surface area (Å²) in [6.07, 6.45) is 2.58. The number of amides is 2. The summed E-state index contributed by atoms with van der Waals surface area (Å²) in [4.78, 5) is 26.7. The number of nitro benzene ring substituents is 1. The van der Waals surface area contributed by atoms with Crippen molar-refractivity contribution in [2.45, 2.75) is 18.9 Å². The fourth-order valence-electron chi connectivity index (χ4n) is 3.11. The van der Waals surface area contributed by atoms with E-state index >= 15 is 0 Å². The summed E-state index contributed by atoms with van der Waals surface area (Å²) in [6, 6.07) is 5.77. The van der Waals surface area contributed by atoms with Gasteiger partial charge in [0.25, 0.3) is 5.69 Å². The summed E-state index contributed by atoms with van der Waals surface area (Å²) >= 11 is 0. The monoisotopic (exact) mass is 334 g/mol. The number of nitrogens with one attached hydrogen (secondary N) is 1. The molecule has 1 aromatic rings. The van der Waals surface area contributed by atoms with Gasteiger partial charge in [-0.15, -0.1) is 0 Å². The summed E-state index contributed by atoms with van der Waals surface area (Å²) < 4.78 is 5.65. The Bertz CT molecular complexity index is 595. The Labute approximate surface area is 140 Å². The van der Waals surface area contributed by atoms with E-state index in [-0.39, 0.29) is 11.7 Å². The zero-order valence-electron chi connectivity index (χ0n) is 13.5. The van der Waals surface area contributed by atoms with Gasteiger partial charge < -0.3 is 15.0 Å². The SMILES string of the molecule is O=C(Nc1cccc([N+](=O)[O-])c1)N1CCN(CC2CCCO2)CC1. The Balaban J connectivity index is 1.48. The Morgan fingerprint density at radius 3 is 2.79 bits per heavy atom. The number of hydrogen-bond donors (Lipinski definition) is 1. The van der Waals surface area contributed by atoms with E-state index in [0.717, 1.165) is 39.1 Å². The molecule has 130 valence electrons. The standard InChI is InChI=1S/C16H22N4O4/c21-16(17-13-3-1-4-14(11-13)20(22)23)19-8-6-18(7-9-19)12-15-5-2-10-24-15/h1,3-4,11,15H,2,5-10,12H2,(H,17,21). The van der Waals surface area contributed by atoms with Gasteiger partial charge in [0.05, 0.1) is 11.0 Å². The molecule has 0 aliphatic carbocycles. The van der Waals surface area contributed by atoms with Crippen molar-refractivity contribution in [1.29, 1.82) is 0 Å². The van der Waals surface area contributed by atoms with Gasteiger partial charge in [0.1, 0.15) is 0 Å². The van der Waals surface area contributed by atoms with Gasteiger partial charge in [-0.25, -0.2) is 4.79 Å². The van der Waals surface area contributed by atoms with Gasteiger partial charge in [-0.3, -0.25) is 15.0 Å². The molecule has 1 unspecified atom stereocenters. The van der Waals surface area contributed by atoms with E-state index in [9.17, 15) is 14.9 Å². The molecule has 2 heterocycles. The number of urea groups is 1. The Kier molecular flexibility index (Phi) is 5.27. The molecule has 3 rings (SSSR count). The number of anilines is 1. The fraction of sp³-hybridized carbons (Fsp3) is 0.562. The van der Waals surface area contributed by atoms with Crippen LogP contribution in [0.1, 0.15) is 12.8 Å². The van der Waals surface area contributed by atoms with E-state index in [0.29, 0.717) is 24.9 Å². The first-order valence-corrected chi connectivity index (χ1v) is 8.26. The van der Waals surface area contributed by atoms with Crippen LogP contribution in [0.5, 0.6) is 0 Å². The third kappa shape index (κ3) is 4.21. The zero-order chi connectivity index (χ0) is 16.9. The molecule has 2 saturated heterocycles. The molecular weight excluding hydrogens is 312 g/mol. The van der Waals surface area contributed by atoms with Gasteiger partial charge in [0.2, 0.25) is 0 Å². The van der Waals surface area contributed by atoms with E-state index in [1.54, 1.807) is 17.0 Å². The largest absolute Gasteiger partial charge is 0.377 e. The molecule has 0 spiro atoms. The molecular formula is C16H22N4O4. The normalized spacial score (nSPS) is 21.7. The lowest BCUT2D eigenvalue weighted by Gasteiger charge is -2.35. The van der Waals surface area contributed by atoms with Crippen molar-refractivity contribution < 1.29 is 14.5 Å². The first-order valence-electron chi connectivity index (χ1n) is 8.26. The van der Waals surface area contributed by atoms with E-state index in [2.05, 4.69) is 10.2 Å². The summed E-state index contributed by atoms with van der Waals surface area (Å²) in [5.41, 5.74) is 0.408. The highest BCUT2D eigenvalue weighted by molar-refractivity contribution is 5.89. The van der Waals surface area contributed by atoms with Crippen molar-refractivity contribution in [3.63, 3.8) is 0 Å². The second kappa shape index (κ2) is 7.59. The number of carbonyl (C=O) groups excluding carboxylic acids is 1. The summed E-state index contributed by atoms with van der Waals surface area (Å²) in [5, 5.41) is 13.5. The van der Waals surface area contributed by atoms with E-state index < -0.39 is 4.92 Å². The molecule has 8 heteroatoms. The van der Waals surface area contributed by atoms with Crippen molar-refractivity contribution in [1.82, 2.24) is 9.80 Å². The van der Waals surface area contributed by atoms with Crippen LogP contribution >= 0.6 is 0 Å². The minimum atomic E-state index is -0.473. The predicted octanol–water partition coefficient (Wildman–Crippen LogP) is 1.92. The van der Waals surface area contributed by atoms with Gasteiger partial charge in [-0.05, 0) is 18.9 Å². The predicted molar refractivity (Wildman–Crippen MR) is 89.1 cm³/mol. The first-order chi connectivity index (χ1) is 11.6. The minimum absolute atomic E-state index is 0.0332. The highest BCUT2D eigenvalue weighted by atomic mass is 16.6. The molecule has 0 bridgehead atoms. The van der Waals surface area contributed by atoms with Crippen LogP contribution in [0.4, 0.5) is 16.2 Å². The molecule has 2 aliphatic rings. The highest BCUT2D eigenvalue weighted by Gasteiger charge is 2.25. The van der Waals surface area contributed by atoms with Crippen molar-refractivity contribution in [3.05, 3.63) is 34.4 Å². The van der Waals surface area contributed by atoms with Crippen molar-refractivity contribution in [2.75, 3.05) is 44.6 Å². The van der Waals surface area contributed by atoms with E-state index in [1.807, 2.05) is 0 Å². The Morgan fingerprint density at radius 1 is 1.33 bits per heavy atom. The average Bonchev–Trinajstić information content (AvgIpc) is 3.08. The molecule has 2 amide bonds. The van der Waals surface area contributed by atoms with Crippen LogP contribution < -0.4 is 5.32 Å². The summed E-state index contributed by atoms with van der Waals surface area (Å²) in [7, 11) is 0. The molecule has 2 fully saturated rings. The summed E-state index contributed by atoms with van der Waals surface area (Å²) in [5.74, 6) is 0. The highest BCUT2D eigenvalue weighted by Crippen LogP contribution is 2.18. The second-order valence-electron chi connectivity index (χ2n) is 6.16. The number of hydrogen-bond acceptors (Lipinski definition) is 5. The molecule has 0 aromatic heterocycles. The van der Waals surface area contributed by atoms with Gasteiger partial charge in [-0.2, -0.15) is 0 Å². The number of carbonyl (C=O) groups is 1. The third-order valence-corrected chi connectivity index (χ3v) is 4.45. The van der Waals surface area contributed by atoms with Crippen LogP contribution in [-0.2, 0) is 4.74 Å². The van der Waals surface area contributed by atoms with Crippen LogP contribution in [0.15, 0.2) is 24.3 Å². The second-order valence-corrected chi connectivity index (χ2v) is 6.16. The lowest BCUT2D eigenvalue weighted by atomic mass is 10.2. The molecule has 1 N–H and O–H groups in total. The molecule has 1 atom stereocenters. The number of piperazine rings is 1. The number of non-ortho nitro benzene ring substituents is 1. The fourth-order valence-corrected chi connectivity index (χ4v) is 3.11. The quantitative estimate of drug-likeness (QED) is 0.671. The molecule has 1 aromatic carbocycles. The maximum atomic E-state index is 12.3. The van der Waals surface area contributed by atoms with Gasteiger partial charge in [-0.1, -0.05) is 6.07 Å². The van der Waals surface area contributed by atoms with E-state index in [1.165, 1.54) is 12.1 Å². The Hall–Kier alpha value is -2.19.